The Morgan fingerprint density at radius 1 is 1.45 bits per heavy atom. The van der Waals surface area contributed by atoms with Gasteiger partial charge < -0.3 is 9.40 Å². The number of H-pyrrole nitrogens is 1. The van der Waals surface area contributed by atoms with Crippen LogP contribution in [0.3, 0.4) is 0 Å². The number of fused-ring (bicyclic) bond motifs is 1. The fourth-order valence-electron chi connectivity index (χ4n) is 0.862. The van der Waals surface area contributed by atoms with Crippen LogP contribution in [0.25, 0.3) is 11.2 Å². The Morgan fingerprint density at radius 3 is 2.82 bits per heavy atom. The minimum atomic E-state index is 0.688. The van der Waals surface area contributed by atoms with Gasteiger partial charge in [-0.2, -0.15) is 0 Å². The highest BCUT2D eigenvalue weighted by Crippen LogP contribution is 2.12. The summed E-state index contributed by atoms with van der Waals surface area (Å²) in [7, 11) is 0. The van der Waals surface area contributed by atoms with E-state index in [0.717, 1.165) is 11.3 Å². The fraction of sp³-hybridized carbons (Fsp3) is 0.375. The topological polar surface area (TPSA) is 41.8 Å². The summed E-state index contributed by atoms with van der Waals surface area (Å²) in [6, 6.07) is 1.92. The molecule has 0 bridgehead atoms. The molecular weight excluding hydrogens is 140 g/mol. The Morgan fingerprint density at radius 2 is 2.18 bits per heavy atom. The monoisotopic (exact) mass is 152 g/mol. The average molecular weight is 152 g/mol. The molecule has 2 heterocycles. The Labute approximate surface area is 65.4 Å². The summed E-state index contributed by atoms with van der Waals surface area (Å²) in [6.07, 6.45) is 1.62. The third-order valence-electron chi connectivity index (χ3n) is 1.24. The first-order valence-corrected chi connectivity index (χ1v) is 3.76. The number of nitrogens with one attached hydrogen (secondary N) is 1. The quantitative estimate of drug-likeness (QED) is 0.630. The van der Waals surface area contributed by atoms with E-state index in [9.17, 15) is 0 Å². The zero-order chi connectivity index (χ0) is 8.27. The molecule has 0 aliphatic carbocycles. The van der Waals surface area contributed by atoms with Crippen LogP contribution in [0.1, 0.15) is 19.6 Å². The second-order valence-corrected chi connectivity index (χ2v) is 1.98. The number of aromatic amines is 1. The van der Waals surface area contributed by atoms with Crippen molar-refractivity contribution < 1.29 is 4.42 Å². The van der Waals surface area contributed by atoms with E-state index in [1.54, 1.807) is 6.33 Å². The van der Waals surface area contributed by atoms with Gasteiger partial charge in [-0.15, -0.1) is 0 Å². The van der Waals surface area contributed by atoms with E-state index in [2.05, 4.69) is 9.97 Å². The van der Waals surface area contributed by atoms with Crippen LogP contribution in [0.15, 0.2) is 16.8 Å². The lowest BCUT2D eigenvalue weighted by Gasteiger charge is -1.72. The van der Waals surface area contributed by atoms with Gasteiger partial charge >= 0.3 is 0 Å². The zero-order valence-electron chi connectivity index (χ0n) is 7.01. The Kier molecular flexibility index (Phi) is 2.31. The Bertz CT molecular complexity index is 293. The molecule has 0 spiro atoms. The summed E-state index contributed by atoms with van der Waals surface area (Å²) >= 11 is 0. The molecule has 60 valence electrons. The minimum absolute atomic E-state index is 0.688. The maximum absolute atomic E-state index is 5.17. The summed E-state index contributed by atoms with van der Waals surface area (Å²) in [5, 5.41) is 0. The molecule has 0 saturated heterocycles. The van der Waals surface area contributed by atoms with E-state index in [1.807, 2.05) is 26.8 Å². The van der Waals surface area contributed by atoms with E-state index in [0.29, 0.717) is 5.71 Å². The number of hydrogen-bond acceptors (Lipinski definition) is 2. The summed E-state index contributed by atoms with van der Waals surface area (Å²) in [6.45, 7) is 5.90. The summed E-state index contributed by atoms with van der Waals surface area (Å²) in [4.78, 5) is 6.85. The van der Waals surface area contributed by atoms with Crippen molar-refractivity contribution in [2.24, 2.45) is 0 Å². The second kappa shape index (κ2) is 3.23. The first-order valence-electron chi connectivity index (χ1n) is 3.76. The smallest absolute Gasteiger partial charge is 0.244 e. The lowest BCUT2D eigenvalue weighted by Crippen LogP contribution is -1.57. The number of imidazole rings is 1. The third-order valence-corrected chi connectivity index (χ3v) is 1.24. The zero-order valence-corrected chi connectivity index (χ0v) is 7.01. The SMILES string of the molecule is CC.Cc1cc2[nH]cnc2o1. The van der Waals surface area contributed by atoms with Gasteiger partial charge in [-0.1, -0.05) is 13.8 Å². The van der Waals surface area contributed by atoms with Crippen LogP contribution in [0.4, 0.5) is 0 Å². The van der Waals surface area contributed by atoms with Crippen LogP contribution in [0.5, 0.6) is 0 Å². The van der Waals surface area contributed by atoms with Gasteiger partial charge in [0.05, 0.1) is 6.33 Å². The maximum atomic E-state index is 5.17. The highest BCUT2D eigenvalue weighted by Gasteiger charge is 1.98. The van der Waals surface area contributed by atoms with Crippen molar-refractivity contribution in [2.75, 3.05) is 0 Å². The van der Waals surface area contributed by atoms with E-state index >= 15 is 0 Å². The van der Waals surface area contributed by atoms with E-state index in [-0.39, 0.29) is 0 Å². The highest BCUT2D eigenvalue weighted by atomic mass is 16.3. The van der Waals surface area contributed by atoms with Crippen LogP contribution < -0.4 is 0 Å². The number of hydrogen-bond donors (Lipinski definition) is 1. The lowest BCUT2D eigenvalue weighted by molar-refractivity contribution is 0.568. The molecule has 3 nitrogen and oxygen atoms in total. The molecule has 0 fully saturated rings. The molecule has 0 saturated carbocycles. The molecule has 2 aromatic heterocycles. The normalized spacial score (nSPS) is 9.36. The predicted octanol–water partition coefficient (Wildman–Crippen LogP) is 2.49. The molecular formula is C8H12N2O. The van der Waals surface area contributed by atoms with Crippen molar-refractivity contribution in [1.82, 2.24) is 9.97 Å². The third kappa shape index (κ3) is 1.42. The molecule has 0 atom stereocenters. The molecule has 2 rings (SSSR count). The van der Waals surface area contributed by atoms with Crippen molar-refractivity contribution in [3.63, 3.8) is 0 Å². The molecule has 3 heteroatoms. The van der Waals surface area contributed by atoms with Gasteiger partial charge in [-0.25, -0.2) is 4.98 Å². The van der Waals surface area contributed by atoms with Gasteiger partial charge in [0, 0.05) is 6.07 Å². The Balaban J connectivity index is 0.000000281. The van der Waals surface area contributed by atoms with Gasteiger partial charge in [-0.3, -0.25) is 0 Å². The molecule has 1 N–H and O–H groups in total. The predicted molar refractivity (Wildman–Crippen MR) is 44.4 cm³/mol. The summed E-state index contributed by atoms with van der Waals surface area (Å²) < 4.78 is 5.17. The van der Waals surface area contributed by atoms with Crippen LogP contribution in [-0.4, -0.2) is 9.97 Å². The van der Waals surface area contributed by atoms with E-state index in [4.69, 9.17) is 4.42 Å². The van der Waals surface area contributed by atoms with Gasteiger partial charge in [-0.05, 0) is 6.92 Å². The largest absolute Gasteiger partial charge is 0.442 e. The standard InChI is InChI=1S/C6H6N2O.C2H6/c1-4-2-5-6(9-4)8-3-7-5;1-2/h2-3H,1H3,(H,7,8);1-2H3. The van der Waals surface area contributed by atoms with Gasteiger partial charge in [0.1, 0.15) is 11.3 Å². The first kappa shape index (κ1) is 7.85. The van der Waals surface area contributed by atoms with Crippen LogP contribution in [0, 0.1) is 6.92 Å². The number of aryl methyl sites for hydroxylation is 1. The van der Waals surface area contributed by atoms with E-state index in [1.165, 1.54) is 0 Å². The molecule has 0 aromatic carbocycles. The van der Waals surface area contributed by atoms with Crippen molar-refractivity contribution >= 4 is 11.2 Å². The van der Waals surface area contributed by atoms with Crippen molar-refractivity contribution in [2.45, 2.75) is 20.8 Å². The fourth-order valence-corrected chi connectivity index (χ4v) is 0.862. The first-order chi connectivity index (χ1) is 5.36. The highest BCUT2D eigenvalue weighted by molar-refractivity contribution is 5.68. The van der Waals surface area contributed by atoms with Crippen molar-refractivity contribution in [3.8, 4) is 0 Å². The molecule has 11 heavy (non-hydrogen) atoms. The second-order valence-electron chi connectivity index (χ2n) is 1.98. The maximum Gasteiger partial charge on any atom is 0.244 e. The summed E-state index contributed by atoms with van der Waals surface area (Å²) in [5.41, 5.74) is 1.65. The average Bonchev–Trinajstić information content (AvgIpc) is 2.51. The van der Waals surface area contributed by atoms with Gasteiger partial charge in [0.2, 0.25) is 5.71 Å². The van der Waals surface area contributed by atoms with Crippen molar-refractivity contribution in [3.05, 3.63) is 18.2 Å². The van der Waals surface area contributed by atoms with Crippen molar-refractivity contribution in [1.29, 1.82) is 0 Å². The van der Waals surface area contributed by atoms with Gasteiger partial charge in [0.25, 0.3) is 0 Å². The minimum Gasteiger partial charge on any atom is -0.442 e. The summed E-state index contributed by atoms with van der Waals surface area (Å²) in [5.74, 6) is 0.893. The van der Waals surface area contributed by atoms with Crippen LogP contribution >= 0.6 is 0 Å². The molecule has 0 amide bonds. The van der Waals surface area contributed by atoms with Crippen LogP contribution in [0.2, 0.25) is 0 Å². The number of aromatic nitrogens is 2. The molecule has 0 aliphatic rings. The van der Waals surface area contributed by atoms with E-state index < -0.39 is 0 Å². The molecule has 0 unspecified atom stereocenters. The molecule has 0 radical (unpaired) electrons. The lowest BCUT2D eigenvalue weighted by atomic mass is 10.5. The number of furan rings is 1. The molecule has 2 aromatic rings. The van der Waals surface area contributed by atoms with Gasteiger partial charge in [0.15, 0.2) is 0 Å². The molecule has 0 aliphatic heterocycles. The number of nitrogens with zero attached hydrogens (tertiary/aromatic N) is 1. The number of rotatable bonds is 0. The van der Waals surface area contributed by atoms with Crippen LogP contribution in [-0.2, 0) is 0 Å². The Hall–Kier alpha value is -1.25.